The van der Waals surface area contributed by atoms with E-state index in [2.05, 4.69) is 10.6 Å². The van der Waals surface area contributed by atoms with Crippen LogP contribution in [0.3, 0.4) is 0 Å². The molecule has 98 valence electrons. The van der Waals surface area contributed by atoms with Crippen molar-refractivity contribution in [1.82, 2.24) is 4.72 Å². The molecule has 1 rings (SSSR count). The van der Waals surface area contributed by atoms with Gasteiger partial charge in [-0.2, -0.15) is 4.72 Å². The van der Waals surface area contributed by atoms with Gasteiger partial charge in [0, 0.05) is 5.69 Å². The lowest BCUT2D eigenvalue weighted by molar-refractivity contribution is 0.549. The van der Waals surface area contributed by atoms with Gasteiger partial charge in [-0.3, -0.25) is 0 Å². The van der Waals surface area contributed by atoms with Gasteiger partial charge in [0.2, 0.25) is 10.0 Å². The molecule has 4 nitrogen and oxygen atoms in total. The summed E-state index contributed by atoms with van der Waals surface area (Å²) in [5.41, 5.74) is 6.28. The summed E-state index contributed by atoms with van der Waals surface area (Å²) in [6.07, 6.45) is 5.58. The van der Waals surface area contributed by atoms with Crippen molar-refractivity contribution in [3.8, 4) is 12.3 Å². The van der Waals surface area contributed by atoms with Gasteiger partial charge in [-0.1, -0.05) is 12.8 Å². The zero-order valence-corrected chi connectivity index (χ0v) is 11.0. The summed E-state index contributed by atoms with van der Waals surface area (Å²) >= 11 is 0. The van der Waals surface area contributed by atoms with Crippen LogP contribution in [0.15, 0.2) is 17.0 Å². The summed E-state index contributed by atoms with van der Waals surface area (Å²) in [6, 6.07) is 1.51. The zero-order chi connectivity index (χ0) is 13.9. The highest BCUT2D eigenvalue weighted by atomic mass is 32.2. The van der Waals surface area contributed by atoms with E-state index in [-0.39, 0.29) is 5.69 Å². The number of terminal acetylenes is 1. The number of aryl methyl sites for hydroxylation is 1. The smallest absolute Gasteiger partial charge is 0.244 e. The monoisotopic (exact) mass is 270 g/mol. The van der Waals surface area contributed by atoms with Gasteiger partial charge >= 0.3 is 0 Å². The van der Waals surface area contributed by atoms with E-state index in [9.17, 15) is 12.8 Å². The molecule has 0 aliphatic rings. The van der Waals surface area contributed by atoms with Crippen molar-refractivity contribution in [2.24, 2.45) is 0 Å². The number of hydrogen-bond donors (Lipinski definition) is 2. The van der Waals surface area contributed by atoms with Crippen molar-refractivity contribution in [3.63, 3.8) is 0 Å². The predicted molar refractivity (Wildman–Crippen MR) is 68.8 cm³/mol. The van der Waals surface area contributed by atoms with Gasteiger partial charge in [0.1, 0.15) is 10.7 Å². The van der Waals surface area contributed by atoms with Crippen molar-refractivity contribution >= 4 is 15.7 Å². The molecule has 0 aliphatic heterocycles. The molecule has 0 saturated carbocycles. The molecule has 0 saturated heterocycles. The lowest BCUT2D eigenvalue weighted by Gasteiger charge is -2.13. The van der Waals surface area contributed by atoms with Crippen molar-refractivity contribution in [2.75, 3.05) is 5.73 Å². The number of sulfonamides is 1. The normalized spacial score (nSPS) is 13.0. The molecule has 0 spiro atoms. The molecular weight excluding hydrogens is 255 g/mol. The van der Waals surface area contributed by atoms with E-state index in [0.717, 1.165) is 12.1 Å². The highest BCUT2D eigenvalue weighted by Gasteiger charge is 2.22. The van der Waals surface area contributed by atoms with Gasteiger partial charge < -0.3 is 5.73 Å². The van der Waals surface area contributed by atoms with Gasteiger partial charge in [0.25, 0.3) is 0 Å². The Kier molecular flexibility index (Phi) is 4.33. The fourth-order valence-corrected chi connectivity index (χ4v) is 2.69. The van der Waals surface area contributed by atoms with E-state index < -0.39 is 26.8 Å². The highest BCUT2D eigenvalue weighted by Crippen LogP contribution is 2.21. The third kappa shape index (κ3) is 3.00. The largest absolute Gasteiger partial charge is 0.398 e. The summed E-state index contributed by atoms with van der Waals surface area (Å²) in [5.74, 6) is 1.43. The van der Waals surface area contributed by atoms with Crippen LogP contribution in [-0.4, -0.2) is 14.5 Å². The number of nitrogens with one attached hydrogen (secondary N) is 1. The minimum Gasteiger partial charge on any atom is -0.398 e. The Bertz CT molecular complexity index is 591. The zero-order valence-electron chi connectivity index (χ0n) is 10.2. The number of hydrogen-bond acceptors (Lipinski definition) is 3. The van der Waals surface area contributed by atoms with E-state index in [1.54, 1.807) is 13.8 Å². The molecule has 0 radical (unpaired) electrons. The molecule has 1 unspecified atom stereocenters. The van der Waals surface area contributed by atoms with Crippen LogP contribution in [0.25, 0.3) is 0 Å². The molecule has 0 aliphatic carbocycles. The second kappa shape index (κ2) is 5.38. The number of halogens is 1. The molecule has 6 heteroatoms. The lowest BCUT2D eigenvalue weighted by atomic mass is 10.2. The Morgan fingerprint density at radius 1 is 1.56 bits per heavy atom. The van der Waals surface area contributed by atoms with E-state index in [4.69, 9.17) is 12.2 Å². The molecule has 0 aromatic heterocycles. The molecule has 1 atom stereocenters. The summed E-state index contributed by atoms with van der Waals surface area (Å²) in [7, 11) is -4.00. The van der Waals surface area contributed by atoms with Crippen molar-refractivity contribution in [3.05, 3.63) is 23.5 Å². The number of benzene rings is 1. The van der Waals surface area contributed by atoms with Crippen molar-refractivity contribution < 1.29 is 12.8 Å². The molecule has 1 aromatic carbocycles. The van der Waals surface area contributed by atoms with Crippen LogP contribution in [0.5, 0.6) is 0 Å². The first kappa shape index (κ1) is 14.5. The molecule has 18 heavy (non-hydrogen) atoms. The molecular formula is C12H15FN2O2S. The molecule has 0 bridgehead atoms. The highest BCUT2D eigenvalue weighted by molar-refractivity contribution is 7.89. The van der Waals surface area contributed by atoms with Gasteiger partial charge in [0.05, 0.1) is 6.04 Å². The first-order chi connectivity index (χ1) is 8.31. The maximum absolute atomic E-state index is 13.7. The Morgan fingerprint density at radius 3 is 2.67 bits per heavy atom. The molecule has 3 N–H and O–H groups in total. The number of anilines is 1. The average molecular weight is 270 g/mol. The maximum atomic E-state index is 13.7. The second-order valence-electron chi connectivity index (χ2n) is 3.89. The van der Waals surface area contributed by atoms with E-state index >= 15 is 0 Å². The van der Waals surface area contributed by atoms with Crippen LogP contribution in [0.2, 0.25) is 0 Å². The average Bonchev–Trinajstić information content (AvgIpc) is 2.30. The Balaban J connectivity index is 3.22. The lowest BCUT2D eigenvalue weighted by Crippen LogP contribution is -2.33. The van der Waals surface area contributed by atoms with Crippen molar-refractivity contribution in [2.45, 2.75) is 31.2 Å². The Labute approximate surface area is 106 Å². The van der Waals surface area contributed by atoms with Crippen molar-refractivity contribution in [1.29, 1.82) is 0 Å². The van der Waals surface area contributed by atoms with Gasteiger partial charge in [-0.25, -0.2) is 12.8 Å². The van der Waals surface area contributed by atoms with Crippen LogP contribution in [0.1, 0.15) is 18.9 Å². The predicted octanol–water partition coefficient (Wildman–Crippen LogP) is 1.41. The minimum atomic E-state index is -4.00. The standard InChI is InChI=1S/C12H15FN2O2S/c1-4-9(5-2)15-18(16,17)12-7-11(14)8(3)6-10(12)13/h1,6-7,9,15H,5,14H2,2-3H3. The molecule has 0 fully saturated rings. The number of rotatable bonds is 4. The van der Waals surface area contributed by atoms with E-state index in [1.807, 2.05) is 0 Å². The minimum absolute atomic E-state index is 0.213. The summed E-state index contributed by atoms with van der Waals surface area (Å²) in [5, 5.41) is 0. The van der Waals surface area contributed by atoms with Gasteiger partial charge in [-0.15, -0.1) is 6.42 Å². The summed E-state index contributed by atoms with van der Waals surface area (Å²) in [6.45, 7) is 3.32. The van der Waals surface area contributed by atoms with Gasteiger partial charge in [0.15, 0.2) is 0 Å². The maximum Gasteiger partial charge on any atom is 0.244 e. The first-order valence-electron chi connectivity index (χ1n) is 5.36. The van der Waals surface area contributed by atoms with Crippen LogP contribution in [0, 0.1) is 25.1 Å². The quantitative estimate of drug-likeness (QED) is 0.642. The van der Waals surface area contributed by atoms with Crippen LogP contribution in [-0.2, 0) is 10.0 Å². The third-order valence-electron chi connectivity index (χ3n) is 2.52. The van der Waals surface area contributed by atoms with Crippen LogP contribution < -0.4 is 10.5 Å². The summed E-state index contributed by atoms with van der Waals surface area (Å²) < 4.78 is 39.8. The molecule has 1 aromatic rings. The first-order valence-corrected chi connectivity index (χ1v) is 6.84. The van der Waals surface area contributed by atoms with E-state index in [0.29, 0.717) is 12.0 Å². The van der Waals surface area contributed by atoms with E-state index in [1.165, 1.54) is 0 Å². The second-order valence-corrected chi connectivity index (χ2v) is 5.57. The fraction of sp³-hybridized carbons (Fsp3) is 0.333. The van der Waals surface area contributed by atoms with Gasteiger partial charge in [-0.05, 0) is 31.0 Å². The SMILES string of the molecule is C#CC(CC)NS(=O)(=O)c1cc(N)c(C)cc1F. The van der Waals surface area contributed by atoms with Crippen LogP contribution >= 0.6 is 0 Å². The molecule has 0 heterocycles. The van der Waals surface area contributed by atoms with Crippen LogP contribution in [0.4, 0.5) is 10.1 Å². The summed E-state index contributed by atoms with van der Waals surface area (Å²) in [4.78, 5) is -0.487. The Morgan fingerprint density at radius 2 is 2.17 bits per heavy atom. The Hall–Kier alpha value is -1.58. The topological polar surface area (TPSA) is 72.2 Å². The number of nitrogen functional groups attached to an aromatic ring is 1. The third-order valence-corrected chi connectivity index (χ3v) is 4.00. The number of nitrogens with two attached hydrogens (primary N) is 1. The fourth-order valence-electron chi connectivity index (χ4n) is 1.36. The molecule has 0 amide bonds.